The third kappa shape index (κ3) is 3.47. The van der Waals surface area contributed by atoms with Gasteiger partial charge in [-0.3, -0.25) is 0 Å². The molecule has 5 N–H and O–H groups in total. The van der Waals surface area contributed by atoms with E-state index in [0.29, 0.717) is 0 Å². The van der Waals surface area contributed by atoms with Gasteiger partial charge in [0.15, 0.2) is 0 Å². The zero-order valence-corrected chi connectivity index (χ0v) is 13.6. The van der Waals surface area contributed by atoms with Crippen molar-refractivity contribution in [2.45, 2.75) is 26.3 Å². The molecule has 1 aromatic carbocycles. The molecule has 1 rings (SSSR count). The van der Waals surface area contributed by atoms with Gasteiger partial charge in [-0.1, -0.05) is 0 Å². The van der Waals surface area contributed by atoms with E-state index in [-0.39, 0.29) is 10.0 Å². The summed E-state index contributed by atoms with van der Waals surface area (Å²) in [6.45, 7) is 3.88. The van der Waals surface area contributed by atoms with Crippen LogP contribution in [0, 0.1) is 0 Å². The number of amides is 2. The Labute approximate surface area is 124 Å². The van der Waals surface area contributed by atoms with Crippen LogP contribution in [0.2, 0.25) is 0 Å². The van der Waals surface area contributed by atoms with Crippen molar-refractivity contribution in [1.29, 1.82) is 0 Å². The van der Waals surface area contributed by atoms with Crippen molar-refractivity contribution in [3.05, 3.63) is 18.2 Å². The number of hydrogen-bond donors (Lipinski definition) is 4. The van der Waals surface area contributed by atoms with Gasteiger partial charge in [-0.25, -0.2) is 0 Å². The molecule has 0 radical (unpaired) electrons. The summed E-state index contributed by atoms with van der Waals surface area (Å²) >= 11 is -5.22. The monoisotopic (exact) mass is 360 g/mol. The second-order valence-electron chi connectivity index (χ2n) is 4.99. The molecule has 9 heteroatoms. The minimum atomic E-state index is -5.22. The average Bonchev–Trinajstić information content (AvgIpc) is 2.29. The SMILES string of the molecule is CC(=O)N(c1cc([As](=O)(O)O)ccc1O)C(C)(C)C(N)=O. The fraction of sp³-hybridized carbons (Fsp3) is 0.333. The second kappa shape index (κ2) is 5.55. The van der Waals surface area contributed by atoms with Gasteiger partial charge in [0.05, 0.1) is 0 Å². The maximum atomic E-state index is 11.8. The normalized spacial score (nSPS) is 12.0. The number of rotatable bonds is 4. The van der Waals surface area contributed by atoms with Crippen LogP contribution in [0.5, 0.6) is 5.75 Å². The predicted octanol–water partition coefficient (Wildman–Crippen LogP) is -1.43. The molecular formula is C12H17AsN2O6. The summed E-state index contributed by atoms with van der Waals surface area (Å²) < 4.78 is 29.5. The summed E-state index contributed by atoms with van der Waals surface area (Å²) in [5.74, 6) is -1.83. The van der Waals surface area contributed by atoms with E-state index in [0.717, 1.165) is 30.0 Å². The van der Waals surface area contributed by atoms with E-state index in [1.165, 1.54) is 13.8 Å². The van der Waals surface area contributed by atoms with Gasteiger partial charge in [0.1, 0.15) is 0 Å². The zero-order valence-electron chi connectivity index (χ0n) is 11.8. The Morgan fingerprint density at radius 2 is 1.81 bits per heavy atom. The van der Waals surface area contributed by atoms with Crippen LogP contribution >= 0.6 is 0 Å². The molecule has 0 bridgehead atoms. The molecule has 0 fully saturated rings. The number of carbonyl (C=O) groups is 2. The van der Waals surface area contributed by atoms with E-state index in [4.69, 9.17) is 5.73 Å². The molecule has 116 valence electrons. The Balaban J connectivity index is 3.57. The third-order valence-corrected chi connectivity index (χ3v) is 5.01. The third-order valence-electron chi connectivity index (χ3n) is 3.01. The van der Waals surface area contributed by atoms with Crippen LogP contribution in [0.3, 0.4) is 0 Å². The number of hydrogen-bond acceptors (Lipinski definition) is 4. The first-order valence-corrected chi connectivity index (χ1v) is 9.27. The summed E-state index contributed by atoms with van der Waals surface area (Å²) in [6.07, 6.45) is 0. The molecule has 0 heterocycles. The van der Waals surface area contributed by atoms with Gasteiger partial charge in [0, 0.05) is 0 Å². The first-order chi connectivity index (χ1) is 9.39. The maximum absolute atomic E-state index is 11.8. The Bertz CT molecular complexity index is 637. The Morgan fingerprint density at radius 1 is 1.29 bits per heavy atom. The summed E-state index contributed by atoms with van der Waals surface area (Å²) in [5.41, 5.74) is 3.59. The van der Waals surface area contributed by atoms with Crippen molar-refractivity contribution in [3.8, 4) is 5.75 Å². The minimum absolute atomic E-state index is 0.187. The van der Waals surface area contributed by atoms with Crippen LogP contribution in [-0.4, -0.2) is 44.8 Å². The number of primary amides is 1. The van der Waals surface area contributed by atoms with Gasteiger partial charge in [0.25, 0.3) is 0 Å². The van der Waals surface area contributed by atoms with Gasteiger partial charge in [-0.15, -0.1) is 0 Å². The molecule has 1 aromatic rings. The first kappa shape index (κ1) is 17.3. The van der Waals surface area contributed by atoms with Gasteiger partial charge >= 0.3 is 124 Å². The van der Waals surface area contributed by atoms with E-state index in [1.807, 2.05) is 0 Å². The number of phenolic OH excluding ortho intramolecular Hbond substituents is 1. The molecule has 0 aliphatic rings. The van der Waals surface area contributed by atoms with E-state index in [2.05, 4.69) is 0 Å². The van der Waals surface area contributed by atoms with Crippen LogP contribution in [0.15, 0.2) is 18.2 Å². The number of benzene rings is 1. The number of phenols is 1. The van der Waals surface area contributed by atoms with Crippen molar-refractivity contribution in [2.24, 2.45) is 5.73 Å². The van der Waals surface area contributed by atoms with Gasteiger partial charge in [0.2, 0.25) is 0 Å². The molecule has 2 amide bonds. The molecule has 0 spiro atoms. The summed E-state index contributed by atoms with van der Waals surface area (Å²) in [6, 6.07) is 3.11. The van der Waals surface area contributed by atoms with Crippen LogP contribution < -0.4 is 15.0 Å². The van der Waals surface area contributed by atoms with Crippen molar-refractivity contribution in [2.75, 3.05) is 4.90 Å². The number of nitrogens with two attached hydrogens (primary N) is 1. The van der Waals surface area contributed by atoms with Crippen LogP contribution in [-0.2, 0) is 13.3 Å². The van der Waals surface area contributed by atoms with E-state index < -0.39 is 37.3 Å². The Morgan fingerprint density at radius 3 is 2.19 bits per heavy atom. The summed E-state index contributed by atoms with van der Waals surface area (Å²) in [4.78, 5) is 24.3. The number of nitrogens with zero attached hydrogens (tertiary/aromatic N) is 1. The number of anilines is 1. The van der Waals surface area contributed by atoms with Crippen molar-refractivity contribution >= 4 is 36.0 Å². The zero-order chi connectivity index (χ0) is 16.6. The number of carbonyl (C=O) groups excluding carboxylic acids is 2. The van der Waals surface area contributed by atoms with Crippen LogP contribution in [0.1, 0.15) is 20.8 Å². The molecule has 8 nitrogen and oxygen atoms in total. The fourth-order valence-electron chi connectivity index (χ4n) is 1.85. The predicted molar refractivity (Wildman–Crippen MR) is 75.1 cm³/mol. The Kier molecular flexibility index (Phi) is 4.57. The van der Waals surface area contributed by atoms with Gasteiger partial charge < -0.3 is 0 Å². The molecule has 0 aromatic heterocycles. The van der Waals surface area contributed by atoms with Crippen LogP contribution in [0.4, 0.5) is 5.69 Å². The first-order valence-electron chi connectivity index (χ1n) is 5.89. The Hall–Kier alpha value is -1.76. The molecule has 0 aliphatic heterocycles. The summed E-state index contributed by atoms with van der Waals surface area (Å²) in [7, 11) is 0. The average molecular weight is 360 g/mol. The van der Waals surface area contributed by atoms with Crippen LogP contribution in [0.25, 0.3) is 0 Å². The molecule has 0 aliphatic carbocycles. The molecule has 0 saturated carbocycles. The van der Waals surface area contributed by atoms with Crippen molar-refractivity contribution in [3.63, 3.8) is 0 Å². The van der Waals surface area contributed by atoms with E-state index >= 15 is 0 Å². The standard InChI is InChI=1S/C12H17AsN2O6/c1-7(16)15(12(2,3)11(14)18)9-6-8(13(19,20)21)4-5-10(9)17/h4-6,17H,1-3H3,(H2,14,18)(H2,19,20,21). The molecule has 0 unspecified atom stereocenters. The van der Waals surface area contributed by atoms with Gasteiger partial charge in [-0.05, 0) is 0 Å². The van der Waals surface area contributed by atoms with Gasteiger partial charge in [-0.2, -0.15) is 0 Å². The quantitative estimate of drug-likeness (QED) is 0.485. The van der Waals surface area contributed by atoms with E-state index in [1.54, 1.807) is 0 Å². The number of aromatic hydroxyl groups is 1. The van der Waals surface area contributed by atoms with Crippen molar-refractivity contribution in [1.82, 2.24) is 0 Å². The molecule has 0 saturated heterocycles. The van der Waals surface area contributed by atoms with E-state index in [9.17, 15) is 26.6 Å². The molecule has 21 heavy (non-hydrogen) atoms. The summed E-state index contributed by atoms with van der Waals surface area (Å²) in [5, 5.41) is 9.87. The molecular weight excluding hydrogens is 343 g/mol. The van der Waals surface area contributed by atoms with Crippen molar-refractivity contribution < 1.29 is 26.6 Å². The topological polar surface area (TPSA) is 141 Å². The molecule has 0 atom stereocenters. The second-order valence-corrected chi connectivity index (χ2v) is 8.36. The fourth-order valence-corrected chi connectivity index (χ4v) is 3.02.